The predicted molar refractivity (Wildman–Crippen MR) is 86.9 cm³/mol. The molecule has 0 radical (unpaired) electrons. The highest BCUT2D eigenvalue weighted by molar-refractivity contribution is 5.97. The highest BCUT2D eigenvalue weighted by Crippen LogP contribution is 2.24. The highest BCUT2D eigenvalue weighted by Gasteiger charge is 2.24. The van der Waals surface area contributed by atoms with Crippen molar-refractivity contribution in [3.63, 3.8) is 0 Å². The van der Waals surface area contributed by atoms with E-state index >= 15 is 0 Å². The first kappa shape index (κ1) is 17.8. The Labute approximate surface area is 140 Å². The molecule has 1 aromatic carbocycles. The van der Waals surface area contributed by atoms with Crippen LogP contribution in [0, 0.1) is 0 Å². The number of pyridine rings is 1. The third kappa shape index (κ3) is 4.50. The number of halogens is 2. The molecule has 4 nitrogen and oxygen atoms in total. The molecule has 0 N–H and O–H groups in total. The first-order valence-corrected chi connectivity index (χ1v) is 7.76. The molecule has 0 unspecified atom stereocenters. The van der Waals surface area contributed by atoms with Gasteiger partial charge in [0, 0.05) is 25.0 Å². The van der Waals surface area contributed by atoms with Gasteiger partial charge >= 0.3 is 6.61 Å². The summed E-state index contributed by atoms with van der Waals surface area (Å²) in [5.41, 5.74) is 1.05. The first-order valence-electron chi connectivity index (χ1n) is 7.76. The normalized spacial score (nSPS) is 12.0. The van der Waals surface area contributed by atoms with E-state index in [1.807, 2.05) is 26.0 Å². The van der Waals surface area contributed by atoms with Crippen molar-refractivity contribution in [2.75, 3.05) is 0 Å². The zero-order valence-electron chi connectivity index (χ0n) is 13.7. The maximum Gasteiger partial charge on any atom is 0.387 e. The maximum atomic E-state index is 12.9. The van der Waals surface area contributed by atoms with Gasteiger partial charge in [0.1, 0.15) is 5.75 Å². The molecule has 2 aromatic rings. The van der Waals surface area contributed by atoms with E-state index in [1.165, 1.54) is 12.1 Å². The third-order valence-electron chi connectivity index (χ3n) is 3.82. The summed E-state index contributed by atoms with van der Waals surface area (Å²) in [4.78, 5) is 18.6. The summed E-state index contributed by atoms with van der Waals surface area (Å²) in [6.07, 6.45) is 4.06. The molecule has 1 aromatic heterocycles. The van der Waals surface area contributed by atoms with Crippen LogP contribution in [0.3, 0.4) is 0 Å². The second-order valence-corrected chi connectivity index (χ2v) is 5.42. The predicted octanol–water partition coefficient (Wildman–Crippen LogP) is 4.12. The fourth-order valence-electron chi connectivity index (χ4n) is 2.33. The molecule has 6 heteroatoms. The van der Waals surface area contributed by atoms with E-state index in [4.69, 9.17) is 0 Å². The van der Waals surface area contributed by atoms with Crippen LogP contribution in [0.1, 0.15) is 36.2 Å². The van der Waals surface area contributed by atoms with Crippen molar-refractivity contribution < 1.29 is 18.3 Å². The Hall–Kier alpha value is -2.50. The number of rotatable bonds is 7. The molecule has 0 aliphatic carbocycles. The van der Waals surface area contributed by atoms with Crippen LogP contribution in [0.25, 0.3) is 0 Å². The van der Waals surface area contributed by atoms with Crippen molar-refractivity contribution >= 4 is 5.91 Å². The van der Waals surface area contributed by atoms with Crippen LogP contribution in [0.5, 0.6) is 5.75 Å². The van der Waals surface area contributed by atoms with Gasteiger partial charge in [0.15, 0.2) is 0 Å². The average molecular weight is 334 g/mol. The van der Waals surface area contributed by atoms with Crippen molar-refractivity contribution in [2.24, 2.45) is 0 Å². The lowest BCUT2D eigenvalue weighted by Gasteiger charge is -2.29. The largest absolute Gasteiger partial charge is 0.434 e. The van der Waals surface area contributed by atoms with Gasteiger partial charge in [-0.15, -0.1) is 0 Å². The number of hydrogen-bond donors (Lipinski definition) is 0. The number of aromatic nitrogens is 1. The fraction of sp³-hybridized carbons (Fsp3) is 0.333. The molecule has 1 amide bonds. The Morgan fingerprint density at radius 2 is 1.88 bits per heavy atom. The van der Waals surface area contributed by atoms with Gasteiger partial charge in [-0.1, -0.05) is 19.1 Å². The Balaban J connectivity index is 2.31. The van der Waals surface area contributed by atoms with E-state index in [9.17, 15) is 13.6 Å². The topological polar surface area (TPSA) is 42.4 Å². The standard InChI is InChI=1S/C18H20F2N2O2/c1-3-13(2)22(12-14-8-10-21-11-9-14)17(23)15-6-4-5-7-16(15)24-18(19)20/h4-11,13,18H,3,12H2,1-2H3/t13-/m0/s1. The monoisotopic (exact) mass is 334 g/mol. The number of nitrogens with zero attached hydrogens (tertiary/aromatic N) is 2. The van der Waals surface area contributed by atoms with Gasteiger partial charge in [0.2, 0.25) is 0 Å². The molecular weight excluding hydrogens is 314 g/mol. The minimum Gasteiger partial charge on any atom is -0.434 e. The average Bonchev–Trinajstić information content (AvgIpc) is 2.59. The van der Waals surface area contributed by atoms with Gasteiger partial charge in [0.25, 0.3) is 5.91 Å². The van der Waals surface area contributed by atoms with E-state index in [0.29, 0.717) is 6.54 Å². The number of carbonyl (C=O) groups excluding carboxylic acids is 1. The molecule has 0 aliphatic heterocycles. The van der Waals surface area contributed by atoms with Crippen LogP contribution < -0.4 is 4.74 Å². The Kier molecular flexibility index (Phi) is 6.23. The van der Waals surface area contributed by atoms with Crippen LogP contribution in [0.2, 0.25) is 0 Å². The van der Waals surface area contributed by atoms with Crippen molar-refractivity contribution in [1.29, 1.82) is 0 Å². The first-order chi connectivity index (χ1) is 11.5. The second-order valence-electron chi connectivity index (χ2n) is 5.42. The summed E-state index contributed by atoms with van der Waals surface area (Å²) in [5.74, 6) is -0.446. The van der Waals surface area contributed by atoms with Gasteiger partial charge in [-0.05, 0) is 43.2 Å². The van der Waals surface area contributed by atoms with Gasteiger partial charge in [-0.3, -0.25) is 9.78 Å². The van der Waals surface area contributed by atoms with Crippen molar-refractivity contribution in [3.8, 4) is 5.75 Å². The van der Waals surface area contributed by atoms with Crippen molar-refractivity contribution in [1.82, 2.24) is 9.88 Å². The molecule has 24 heavy (non-hydrogen) atoms. The van der Waals surface area contributed by atoms with Crippen LogP contribution >= 0.6 is 0 Å². The van der Waals surface area contributed by atoms with Gasteiger partial charge in [0.05, 0.1) is 5.56 Å². The van der Waals surface area contributed by atoms with Crippen molar-refractivity contribution in [2.45, 2.75) is 39.5 Å². The van der Waals surface area contributed by atoms with E-state index < -0.39 is 6.61 Å². The van der Waals surface area contributed by atoms with Crippen LogP contribution in [-0.4, -0.2) is 28.4 Å². The van der Waals surface area contributed by atoms with Gasteiger partial charge < -0.3 is 9.64 Å². The number of benzene rings is 1. The highest BCUT2D eigenvalue weighted by atomic mass is 19.3. The maximum absolute atomic E-state index is 12.9. The Bertz CT molecular complexity index is 665. The lowest BCUT2D eigenvalue weighted by atomic mass is 10.1. The summed E-state index contributed by atoms with van der Waals surface area (Å²) >= 11 is 0. The second kappa shape index (κ2) is 8.38. The minimum atomic E-state index is -2.98. The van der Waals surface area contributed by atoms with Gasteiger partial charge in [-0.25, -0.2) is 0 Å². The Morgan fingerprint density at radius 3 is 2.50 bits per heavy atom. The molecule has 0 aliphatic rings. The van der Waals surface area contributed by atoms with Gasteiger partial charge in [-0.2, -0.15) is 8.78 Å². The van der Waals surface area contributed by atoms with Crippen molar-refractivity contribution in [3.05, 3.63) is 59.9 Å². The molecule has 1 heterocycles. The van der Waals surface area contributed by atoms with Crippen LogP contribution in [0.15, 0.2) is 48.8 Å². The van der Waals surface area contributed by atoms with E-state index in [0.717, 1.165) is 12.0 Å². The molecular formula is C18H20F2N2O2. The number of ether oxygens (including phenoxy) is 1. The van der Waals surface area contributed by atoms with E-state index in [-0.39, 0.29) is 23.3 Å². The molecule has 0 saturated heterocycles. The molecule has 0 saturated carbocycles. The zero-order valence-corrected chi connectivity index (χ0v) is 13.7. The fourth-order valence-corrected chi connectivity index (χ4v) is 2.33. The summed E-state index contributed by atoms with van der Waals surface area (Å²) in [6.45, 7) is 1.30. The van der Waals surface area contributed by atoms with E-state index in [1.54, 1.807) is 29.4 Å². The molecule has 0 fully saturated rings. The summed E-state index contributed by atoms with van der Waals surface area (Å²) in [6, 6.07) is 9.67. The lowest BCUT2D eigenvalue weighted by molar-refractivity contribution is -0.0503. The molecule has 0 bridgehead atoms. The SMILES string of the molecule is CC[C@H](C)N(Cc1ccncc1)C(=O)c1ccccc1OC(F)F. The zero-order chi connectivity index (χ0) is 17.5. The summed E-state index contributed by atoms with van der Waals surface area (Å²) in [5, 5.41) is 0. The van der Waals surface area contributed by atoms with Crippen LogP contribution in [-0.2, 0) is 6.54 Å². The minimum absolute atomic E-state index is 0.0507. The number of hydrogen-bond acceptors (Lipinski definition) is 3. The lowest BCUT2D eigenvalue weighted by Crippen LogP contribution is -2.38. The quantitative estimate of drug-likeness (QED) is 0.765. The molecule has 0 spiro atoms. The summed E-state index contributed by atoms with van der Waals surface area (Å²) in [7, 11) is 0. The number of carbonyl (C=O) groups is 1. The number of amides is 1. The van der Waals surface area contributed by atoms with Crippen LogP contribution in [0.4, 0.5) is 8.78 Å². The smallest absolute Gasteiger partial charge is 0.387 e. The number of para-hydroxylation sites is 1. The molecule has 2 rings (SSSR count). The third-order valence-corrected chi connectivity index (χ3v) is 3.82. The number of alkyl halides is 2. The molecule has 1 atom stereocenters. The molecule has 128 valence electrons. The summed E-state index contributed by atoms with van der Waals surface area (Å²) < 4.78 is 29.7. The Morgan fingerprint density at radius 1 is 1.21 bits per heavy atom. The van der Waals surface area contributed by atoms with E-state index in [2.05, 4.69) is 9.72 Å².